The lowest BCUT2D eigenvalue weighted by atomic mass is 9.68. The van der Waals surface area contributed by atoms with Gasteiger partial charge < -0.3 is 5.73 Å². The van der Waals surface area contributed by atoms with Crippen LogP contribution in [-0.4, -0.2) is 6.54 Å². The maximum absolute atomic E-state index is 12.7. The van der Waals surface area contributed by atoms with Crippen LogP contribution in [0.3, 0.4) is 0 Å². The van der Waals surface area contributed by atoms with E-state index in [9.17, 15) is 4.39 Å². The molecule has 0 bridgehead atoms. The van der Waals surface area contributed by atoms with Gasteiger partial charge in [-0.25, -0.2) is 0 Å². The van der Waals surface area contributed by atoms with Gasteiger partial charge in [0.1, 0.15) is 0 Å². The number of rotatable bonds is 2. The molecular weight excluding hydrogens is 173 g/mol. The zero-order chi connectivity index (χ0) is 8.60. The van der Waals surface area contributed by atoms with Crippen molar-refractivity contribution in [1.82, 2.24) is 0 Å². The van der Waals surface area contributed by atoms with E-state index < -0.39 is 0 Å². The van der Waals surface area contributed by atoms with Crippen LogP contribution in [0.1, 0.15) is 24.1 Å². The molecule has 0 spiro atoms. The minimum absolute atomic E-state index is 0.0928. The lowest BCUT2D eigenvalue weighted by Gasteiger charge is -2.40. The van der Waals surface area contributed by atoms with Crippen molar-refractivity contribution in [2.24, 2.45) is 5.73 Å². The van der Waals surface area contributed by atoms with Crippen LogP contribution in [-0.2, 0) is 5.41 Å². The smallest absolute Gasteiger partial charge is 0.176 e. The molecule has 1 fully saturated rings. The third kappa shape index (κ3) is 1.08. The summed E-state index contributed by atoms with van der Waals surface area (Å²) in [5.74, 6) is 0. The van der Waals surface area contributed by atoms with Gasteiger partial charge in [0, 0.05) is 16.8 Å². The average Bonchev–Trinajstić information content (AvgIpc) is 2.35. The first kappa shape index (κ1) is 8.20. The molecule has 12 heavy (non-hydrogen) atoms. The summed E-state index contributed by atoms with van der Waals surface area (Å²) in [7, 11) is 0. The lowest BCUT2D eigenvalue weighted by molar-refractivity contribution is 0.258. The fraction of sp³-hybridized carbons (Fsp3) is 0.556. The van der Waals surface area contributed by atoms with Gasteiger partial charge in [0.2, 0.25) is 0 Å². The molecule has 1 aliphatic carbocycles. The van der Waals surface area contributed by atoms with Gasteiger partial charge in [-0.1, -0.05) is 6.42 Å². The molecule has 1 aliphatic rings. The maximum atomic E-state index is 12.7. The molecule has 0 atom stereocenters. The SMILES string of the molecule is NCC1(c2ccc(F)s2)CCC1. The van der Waals surface area contributed by atoms with Gasteiger partial charge >= 0.3 is 0 Å². The van der Waals surface area contributed by atoms with E-state index in [-0.39, 0.29) is 10.5 Å². The second kappa shape index (κ2) is 2.82. The molecule has 1 heterocycles. The Balaban J connectivity index is 2.27. The summed E-state index contributed by atoms with van der Waals surface area (Å²) in [4.78, 5) is 1.13. The van der Waals surface area contributed by atoms with Crippen molar-refractivity contribution >= 4 is 11.3 Å². The van der Waals surface area contributed by atoms with Crippen LogP contribution in [0.15, 0.2) is 12.1 Å². The maximum Gasteiger partial charge on any atom is 0.176 e. The van der Waals surface area contributed by atoms with Crippen LogP contribution < -0.4 is 5.73 Å². The van der Waals surface area contributed by atoms with Crippen LogP contribution in [0.25, 0.3) is 0 Å². The quantitative estimate of drug-likeness (QED) is 0.751. The molecule has 0 radical (unpaired) electrons. The fourth-order valence-electron chi connectivity index (χ4n) is 1.75. The van der Waals surface area contributed by atoms with Crippen LogP contribution in [0, 0.1) is 5.13 Å². The van der Waals surface area contributed by atoms with Crippen molar-refractivity contribution in [3.05, 3.63) is 22.1 Å². The molecular formula is C9H12FNS. The second-order valence-corrected chi connectivity index (χ2v) is 4.48. The van der Waals surface area contributed by atoms with Crippen LogP contribution in [0.5, 0.6) is 0 Å². The van der Waals surface area contributed by atoms with E-state index in [2.05, 4.69) is 0 Å². The Hall–Kier alpha value is -0.410. The Labute approximate surface area is 75.4 Å². The number of thiophene rings is 1. The molecule has 0 amide bonds. The molecule has 2 rings (SSSR count). The predicted octanol–water partition coefficient (Wildman–Crippen LogP) is 2.27. The highest BCUT2D eigenvalue weighted by atomic mass is 32.1. The van der Waals surface area contributed by atoms with Crippen LogP contribution >= 0.6 is 11.3 Å². The molecule has 66 valence electrons. The number of hydrogen-bond donors (Lipinski definition) is 1. The first-order valence-electron chi connectivity index (χ1n) is 4.23. The van der Waals surface area contributed by atoms with E-state index in [1.54, 1.807) is 0 Å². The fourth-order valence-corrected chi connectivity index (χ4v) is 2.74. The number of hydrogen-bond acceptors (Lipinski definition) is 2. The Morgan fingerprint density at radius 1 is 1.50 bits per heavy atom. The molecule has 1 aromatic heterocycles. The standard InChI is InChI=1S/C9H12FNS/c10-8-3-2-7(12-8)9(6-11)4-1-5-9/h2-3H,1,4-6,11H2. The molecule has 1 saturated carbocycles. The van der Waals surface area contributed by atoms with Crippen molar-refractivity contribution in [3.8, 4) is 0 Å². The third-order valence-electron chi connectivity index (χ3n) is 2.80. The molecule has 0 aliphatic heterocycles. The summed E-state index contributed by atoms with van der Waals surface area (Å²) in [6.07, 6.45) is 3.49. The number of nitrogens with two attached hydrogens (primary N) is 1. The van der Waals surface area contributed by atoms with Crippen molar-refractivity contribution in [3.63, 3.8) is 0 Å². The molecule has 0 aromatic carbocycles. The van der Waals surface area contributed by atoms with Crippen LogP contribution in [0.4, 0.5) is 4.39 Å². The normalized spacial score (nSPS) is 20.5. The third-order valence-corrected chi connectivity index (χ3v) is 3.92. The second-order valence-electron chi connectivity index (χ2n) is 3.44. The zero-order valence-electron chi connectivity index (χ0n) is 6.85. The summed E-state index contributed by atoms with van der Waals surface area (Å²) < 4.78 is 12.7. The Morgan fingerprint density at radius 3 is 2.58 bits per heavy atom. The molecule has 2 N–H and O–H groups in total. The molecule has 1 aromatic rings. The Kier molecular flexibility index (Phi) is 1.93. The van der Waals surface area contributed by atoms with Gasteiger partial charge in [0.05, 0.1) is 0 Å². The van der Waals surface area contributed by atoms with Crippen LogP contribution in [0.2, 0.25) is 0 Å². The van der Waals surface area contributed by atoms with Gasteiger partial charge in [0.15, 0.2) is 5.13 Å². The van der Waals surface area contributed by atoms with E-state index in [0.29, 0.717) is 6.54 Å². The first-order valence-corrected chi connectivity index (χ1v) is 5.04. The summed E-state index contributed by atoms with van der Waals surface area (Å²) in [5.41, 5.74) is 5.83. The largest absolute Gasteiger partial charge is 0.330 e. The highest BCUT2D eigenvalue weighted by Gasteiger charge is 2.38. The van der Waals surface area contributed by atoms with Gasteiger partial charge in [-0.2, -0.15) is 4.39 Å². The summed E-state index contributed by atoms with van der Waals surface area (Å²) in [6, 6.07) is 3.42. The van der Waals surface area contributed by atoms with Gasteiger partial charge in [-0.3, -0.25) is 0 Å². The van der Waals surface area contributed by atoms with Gasteiger partial charge in [-0.05, 0) is 25.0 Å². The molecule has 0 saturated heterocycles. The van der Waals surface area contributed by atoms with E-state index in [0.717, 1.165) is 17.7 Å². The van der Waals surface area contributed by atoms with Gasteiger partial charge in [0.25, 0.3) is 0 Å². The van der Waals surface area contributed by atoms with E-state index in [4.69, 9.17) is 5.73 Å². The molecule has 0 unspecified atom stereocenters. The first-order chi connectivity index (χ1) is 5.77. The Bertz CT molecular complexity index is 272. The number of halogens is 1. The Morgan fingerprint density at radius 2 is 2.25 bits per heavy atom. The summed E-state index contributed by atoms with van der Waals surface area (Å²) in [6.45, 7) is 0.660. The summed E-state index contributed by atoms with van der Waals surface area (Å²) in [5, 5.41) is -0.0928. The van der Waals surface area contributed by atoms with Gasteiger partial charge in [-0.15, -0.1) is 11.3 Å². The minimum atomic E-state index is -0.0928. The summed E-state index contributed by atoms with van der Waals surface area (Å²) >= 11 is 1.25. The average molecular weight is 185 g/mol. The topological polar surface area (TPSA) is 26.0 Å². The minimum Gasteiger partial charge on any atom is -0.330 e. The van der Waals surface area contributed by atoms with Crippen molar-refractivity contribution in [1.29, 1.82) is 0 Å². The van der Waals surface area contributed by atoms with Crippen molar-refractivity contribution < 1.29 is 4.39 Å². The van der Waals surface area contributed by atoms with E-state index >= 15 is 0 Å². The predicted molar refractivity (Wildman–Crippen MR) is 48.9 cm³/mol. The molecule has 3 heteroatoms. The van der Waals surface area contributed by atoms with Crippen molar-refractivity contribution in [2.75, 3.05) is 6.54 Å². The lowest BCUT2D eigenvalue weighted by Crippen LogP contribution is -2.40. The molecule has 1 nitrogen and oxygen atoms in total. The van der Waals surface area contributed by atoms with E-state index in [1.165, 1.54) is 23.8 Å². The monoisotopic (exact) mass is 185 g/mol. The zero-order valence-corrected chi connectivity index (χ0v) is 7.66. The highest BCUT2D eigenvalue weighted by Crippen LogP contribution is 2.45. The van der Waals surface area contributed by atoms with E-state index in [1.807, 2.05) is 6.07 Å². The highest BCUT2D eigenvalue weighted by molar-refractivity contribution is 7.10. The van der Waals surface area contributed by atoms with Crippen molar-refractivity contribution in [2.45, 2.75) is 24.7 Å².